The Labute approximate surface area is 126 Å². The number of methoxy groups -OCH3 is 1. The summed E-state index contributed by atoms with van der Waals surface area (Å²) in [6.45, 7) is 4.04. The van der Waals surface area contributed by atoms with Crippen molar-refractivity contribution in [1.29, 1.82) is 0 Å². The quantitative estimate of drug-likeness (QED) is 0.885. The second-order valence-corrected chi connectivity index (χ2v) is 5.07. The summed E-state index contributed by atoms with van der Waals surface area (Å²) in [5.41, 5.74) is 2.21. The minimum Gasteiger partial charge on any atom is -0.495 e. The van der Waals surface area contributed by atoms with Gasteiger partial charge in [0.05, 0.1) is 25.5 Å². The summed E-state index contributed by atoms with van der Waals surface area (Å²) in [5.74, 6) is 1.66. The molecule has 1 N–H and O–H groups in total. The van der Waals surface area contributed by atoms with E-state index in [1.165, 1.54) is 0 Å². The van der Waals surface area contributed by atoms with Gasteiger partial charge in [0.1, 0.15) is 11.5 Å². The molecule has 0 saturated carbocycles. The minimum absolute atomic E-state index is 0.0519. The van der Waals surface area contributed by atoms with Crippen molar-refractivity contribution in [3.05, 3.63) is 53.9 Å². The van der Waals surface area contributed by atoms with Gasteiger partial charge in [0.2, 0.25) is 0 Å². The van der Waals surface area contributed by atoms with E-state index in [-0.39, 0.29) is 12.1 Å². The van der Waals surface area contributed by atoms with Crippen molar-refractivity contribution in [3.63, 3.8) is 0 Å². The molecule has 0 aliphatic heterocycles. The lowest BCUT2D eigenvalue weighted by atomic mass is 9.99. The Bertz CT molecular complexity index is 567. The van der Waals surface area contributed by atoms with E-state index in [9.17, 15) is 0 Å². The Morgan fingerprint density at radius 1 is 1.10 bits per heavy atom. The molecule has 0 aliphatic rings. The maximum Gasteiger partial charge on any atom is 0.142 e. The van der Waals surface area contributed by atoms with E-state index in [1.54, 1.807) is 19.5 Å². The van der Waals surface area contributed by atoms with Gasteiger partial charge < -0.3 is 14.8 Å². The Morgan fingerprint density at radius 2 is 1.81 bits per heavy atom. The van der Waals surface area contributed by atoms with E-state index in [0.29, 0.717) is 0 Å². The number of hydrogen-bond acceptors (Lipinski definition) is 4. The summed E-state index contributed by atoms with van der Waals surface area (Å²) >= 11 is 0. The molecule has 4 nitrogen and oxygen atoms in total. The molecule has 2 rings (SSSR count). The number of hydrogen-bond donors (Lipinski definition) is 1. The molecule has 0 spiro atoms. The first-order valence-electron chi connectivity index (χ1n) is 7.07. The monoisotopic (exact) mass is 286 g/mol. The van der Waals surface area contributed by atoms with Crippen molar-refractivity contribution in [2.75, 3.05) is 14.2 Å². The average Bonchev–Trinajstić information content (AvgIpc) is 2.49. The molecule has 21 heavy (non-hydrogen) atoms. The summed E-state index contributed by atoms with van der Waals surface area (Å²) in [6.07, 6.45) is 3.69. The molecule has 2 aromatic rings. The van der Waals surface area contributed by atoms with Gasteiger partial charge in [-0.3, -0.25) is 4.98 Å². The van der Waals surface area contributed by atoms with Crippen LogP contribution in [0, 0.1) is 0 Å². The molecule has 0 aliphatic carbocycles. The normalized spacial score (nSPS) is 12.2. The van der Waals surface area contributed by atoms with Crippen LogP contribution in [0.2, 0.25) is 0 Å². The molecule has 112 valence electrons. The highest BCUT2D eigenvalue weighted by atomic mass is 16.5. The summed E-state index contributed by atoms with van der Waals surface area (Å²) in [6, 6.07) is 10.1. The molecule has 1 atom stereocenters. The third kappa shape index (κ3) is 3.73. The predicted octanol–water partition coefficient (Wildman–Crippen LogP) is 3.19. The number of rotatable bonds is 6. The van der Waals surface area contributed by atoms with Crippen LogP contribution in [0.4, 0.5) is 0 Å². The molecule has 0 fully saturated rings. The fourth-order valence-electron chi connectivity index (χ4n) is 2.31. The first kappa shape index (κ1) is 15.3. The van der Waals surface area contributed by atoms with Crippen molar-refractivity contribution in [1.82, 2.24) is 10.3 Å². The van der Waals surface area contributed by atoms with Gasteiger partial charge in [-0.05, 0) is 44.7 Å². The fourth-order valence-corrected chi connectivity index (χ4v) is 2.31. The number of ether oxygens (including phenoxy) is 2. The van der Waals surface area contributed by atoms with Gasteiger partial charge in [-0.25, -0.2) is 0 Å². The Hall–Kier alpha value is -2.07. The first-order valence-corrected chi connectivity index (χ1v) is 7.07. The average molecular weight is 286 g/mol. The number of benzene rings is 1. The Morgan fingerprint density at radius 3 is 2.38 bits per heavy atom. The SMILES string of the molecule is CNC(c1ccc(OC(C)C)cc1)c1ccncc1OC. The molecular weight excluding hydrogens is 264 g/mol. The lowest BCUT2D eigenvalue weighted by Gasteiger charge is -2.20. The highest BCUT2D eigenvalue weighted by Crippen LogP contribution is 2.29. The van der Waals surface area contributed by atoms with Gasteiger partial charge in [0.25, 0.3) is 0 Å². The molecule has 1 aromatic heterocycles. The largest absolute Gasteiger partial charge is 0.495 e. The van der Waals surface area contributed by atoms with Crippen LogP contribution < -0.4 is 14.8 Å². The van der Waals surface area contributed by atoms with Crippen LogP contribution in [0.3, 0.4) is 0 Å². The first-order chi connectivity index (χ1) is 10.2. The molecule has 0 saturated heterocycles. The van der Waals surface area contributed by atoms with E-state index in [2.05, 4.69) is 22.4 Å². The summed E-state index contributed by atoms with van der Waals surface area (Å²) in [7, 11) is 3.59. The standard InChI is InChI=1S/C17H22N2O2/c1-12(2)21-14-7-5-13(6-8-14)17(18-3)15-9-10-19-11-16(15)20-4/h5-12,17-18H,1-4H3. The van der Waals surface area contributed by atoms with Gasteiger partial charge in [-0.1, -0.05) is 12.1 Å². The maximum absolute atomic E-state index is 5.68. The van der Waals surface area contributed by atoms with Crippen molar-refractivity contribution < 1.29 is 9.47 Å². The topological polar surface area (TPSA) is 43.4 Å². The second kappa shape index (κ2) is 7.09. The second-order valence-electron chi connectivity index (χ2n) is 5.07. The Kier molecular flexibility index (Phi) is 5.17. The van der Waals surface area contributed by atoms with Crippen LogP contribution >= 0.6 is 0 Å². The molecule has 1 aromatic carbocycles. The molecule has 0 radical (unpaired) electrons. The van der Waals surface area contributed by atoms with Crippen molar-refractivity contribution in [2.24, 2.45) is 0 Å². The summed E-state index contributed by atoms with van der Waals surface area (Å²) < 4.78 is 11.1. The van der Waals surface area contributed by atoms with Crippen LogP contribution in [-0.2, 0) is 0 Å². The number of aromatic nitrogens is 1. The van der Waals surface area contributed by atoms with Crippen LogP contribution in [0.15, 0.2) is 42.7 Å². The summed E-state index contributed by atoms with van der Waals surface area (Å²) in [4.78, 5) is 4.10. The molecule has 0 amide bonds. The van der Waals surface area contributed by atoms with Crippen LogP contribution in [0.25, 0.3) is 0 Å². The third-order valence-corrected chi connectivity index (χ3v) is 3.22. The minimum atomic E-state index is 0.0519. The van der Waals surface area contributed by atoms with Gasteiger partial charge in [-0.15, -0.1) is 0 Å². The highest BCUT2D eigenvalue weighted by Gasteiger charge is 2.16. The van der Waals surface area contributed by atoms with Crippen molar-refractivity contribution in [2.45, 2.75) is 26.0 Å². The van der Waals surface area contributed by atoms with E-state index in [1.807, 2.05) is 39.1 Å². The lowest BCUT2D eigenvalue weighted by molar-refractivity contribution is 0.242. The zero-order valence-corrected chi connectivity index (χ0v) is 13.0. The number of nitrogens with one attached hydrogen (secondary N) is 1. The van der Waals surface area contributed by atoms with Gasteiger partial charge in [-0.2, -0.15) is 0 Å². The van der Waals surface area contributed by atoms with E-state index in [4.69, 9.17) is 9.47 Å². The fraction of sp³-hybridized carbons (Fsp3) is 0.353. The van der Waals surface area contributed by atoms with E-state index in [0.717, 1.165) is 22.6 Å². The summed E-state index contributed by atoms with van der Waals surface area (Å²) in [5, 5.41) is 3.32. The lowest BCUT2D eigenvalue weighted by Crippen LogP contribution is -2.18. The zero-order chi connectivity index (χ0) is 15.2. The Balaban J connectivity index is 2.29. The predicted molar refractivity (Wildman–Crippen MR) is 83.9 cm³/mol. The van der Waals surface area contributed by atoms with Crippen molar-refractivity contribution >= 4 is 0 Å². The van der Waals surface area contributed by atoms with Gasteiger partial charge >= 0.3 is 0 Å². The van der Waals surface area contributed by atoms with Crippen LogP contribution in [0.5, 0.6) is 11.5 Å². The third-order valence-electron chi connectivity index (χ3n) is 3.22. The molecule has 0 bridgehead atoms. The van der Waals surface area contributed by atoms with E-state index >= 15 is 0 Å². The highest BCUT2D eigenvalue weighted by molar-refractivity contribution is 5.41. The smallest absolute Gasteiger partial charge is 0.142 e. The zero-order valence-electron chi connectivity index (χ0n) is 13.0. The molecular formula is C17H22N2O2. The maximum atomic E-state index is 5.68. The van der Waals surface area contributed by atoms with E-state index < -0.39 is 0 Å². The van der Waals surface area contributed by atoms with Crippen molar-refractivity contribution in [3.8, 4) is 11.5 Å². The van der Waals surface area contributed by atoms with Gasteiger partial charge in [0.15, 0.2) is 0 Å². The molecule has 1 heterocycles. The number of pyridine rings is 1. The van der Waals surface area contributed by atoms with Crippen LogP contribution in [0.1, 0.15) is 31.0 Å². The van der Waals surface area contributed by atoms with Gasteiger partial charge in [0, 0.05) is 11.8 Å². The molecule has 4 heteroatoms. The van der Waals surface area contributed by atoms with Crippen LogP contribution in [-0.4, -0.2) is 25.2 Å². The molecule has 1 unspecified atom stereocenters. The number of nitrogens with zero attached hydrogens (tertiary/aromatic N) is 1.